The third-order valence-corrected chi connectivity index (χ3v) is 29.7. The van der Waals surface area contributed by atoms with Crippen molar-refractivity contribution in [3.05, 3.63) is 104 Å². The van der Waals surface area contributed by atoms with E-state index in [1.165, 1.54) is 51.4 Å². The molecule has 21 rings (SSSR count). The highest BCUT2D eigenvalue weighted by Crippen LogP contribution is 3.04. The zero-order chi connectivity index (χ0) is 53.5. The van der Waals surface area contributed by atoms with Crippen LogP contribution in [0.15, 0.2) is 93.1 Å². The molecule has 430 valence electrons. The van der Waals surface area contributed by atoms with Crippen LogP contribution in [0.25, 0.3) is 0 Å². The van der Waals surface area contributed by atoms with Crippen molar-refractivity contribution < 1.29 is 38.0 Å². The van der Waals surface area contributed by atoms with Gasteiger partial charge in [0.1, 0.15) is 18.1 Å². The van der Waals surface area contributed by atoms with Crippen LogP contribution in [0.4, 0.5) is 0 Å². The summed E-state index contributed by atoms with van der Waals surface area (Å²) in [7, 11) is 0. The highest BCUT2D eigenvalue weighted by Gasteiger charge is 3.01. The van der Waals surface area contributed by atoms with Gasteiger partial charge < -0.3 is 33.2 Å². The number of esters is 1. The SMILES string of the molecule is CC1(COCCCOc2cc(COC(=O)CCCC3(c4ccccc4)C45C6=C7CCC8C9CCC%10C%11=C%12C%13C(CC%11)C%11CCC%14=C(CC6)C43C3C%14C%11C%13C4C6C%12C%10C9C9C8C7=C5C(C96)C43)cc(OCCCOCC3(C)COC3)c2)COC1. The van der Waals surface area contributed by atoms with Crippen LogP contribution in [0.2, 0.25) is 0 Å². The number of carbonyl (C=O) groups excluding carboxylic acids is 1. The van der Waals surface area contributed by atoms with E-state index < -0.39 is 0 Å². The lowest BCUT2D eigenvalue weighted by Gasteiger charge is -2.60. The molecule has 0 bridgehead atoms. The molecular weight excluding hydrogens is 1020 g/mol. The first-order chi connectivity index (χ1) is 40.3. The van der Waals surface area contributed by atoms with Crippen LogP contribution in [-0.4, -0.2) is 72.0 Å². The van der Waals surface area contributed by atoms with Crippen LogP contribution in [0.3, 0.4) is 0 Å². The molecule has 2 aliphatic heterocycles. The van der Waals surface area contributed by atoms with Crippen molar-refractivity contribution in [1.82, 2.24) is 0 Å². The van der Waals surface area contributed by atoms with Gasteiger partial charge in [0, 0.05) is 65.6 Å². The van der Waals surface area contributed by atoms with E-state index in [-0.39, 0.29) is 39.7 Å². The van der Waals surface area contributed by atoms with Gasteiger partial charge in [0.25, 0.3) is 0 Å². The van der Waals surface area contributed by atoms with Crippen LogP contribution < -0.4 is 9.47 Å². The molecule has 8 nitrogen and oxygen atoms in total. The van der Waals surface area contributed by atoms with Gasteiger partial charge in [-0.2, -0.15) is 0 Å². The van der Waals surface area contributed by atoms with Crippen molar-refractivity contribution in [3.63, 3.8) is 0 Å². The van der Waals surface area contributed by atoms with E-state index in [1.807, 2.05) is 34.9 Å². The molecule has 12 saturated carbocycles. The molecule has 2 aromatic carbocycles. The summed E-state index contributed by atoms with van der Waals surface area (Å²) >= 11 is 0. The van der Waals surface area contributed by atoms with E-state index >= 15 is 0 Å². The Morgan fingerprint density at radius 2 is 1.26 bits per heavy atom. The largest absolute Gasteiger partial charge is 0.493 e. The Hall–Kier alpha value is -3.69. The zero-order valence-electron chi connectivity index (χ0n) is 48.8. The summed E-state index contributed by atoms with van der Waals surface area (Å²) in [6.07, 6.45) is 18.5. The molecule has 2 aromatic rings. The van der Waals surface area contributed by atoms with Crippen LogP contribution in [0, 0.1) is 140 Å². The molecule has 2 spiro atoms. The Morgan fingerprint density at radius 1 is 0.585 bits per heavy atom. The molecule has 0 aromatic heterocycles. The van der Waals surface area contributed by atoms with Crippen molar-refractivity contribution >= 4 is 5.97 Å². The maximum Gasteiger partial charge on any atom is 0.306 e. The number of rotatable bonds is 21. The van der Waals surface area contributed by atoms with E-state index in [9.17, 15) is 4.79 Å². The summed E-state index contributed by atoms with van der Waals surface area (Å²) in [5.41, 5.74) is 19.8. The normalized spacial score (nSPS) is 48.2. The van der Waals surface area contributed by atoms with Crippen molar-refractivity contribution in [2.75, 3.05) is 66.1 Å². The fourth-order valence-corrected chi connectivity index (χ4v) is 29.1. The molecule has 2 heterocycles. The minimum Gasteiger partial charge on any atom is -0.493 e. The number of carbonyl (C=O) groups is 1. The summed E-state index contributed by atoms with van der Waals surface area (Å²) in [6.45, 7) is 11.5. The first-order valence-corrected chi connectivity index (χ1v) is 34.1. The molecule has 14 fully saturated rings. The van der Waals surface area contributed by atoms with Gasteiger partial charge in [-0.1, -0.05) is 77.6 Å². The second-order valence-electron chi connectivity index (χ2n) is 32.3. The topological polar surface area (TPSA) is 81.7 Å². The molecule has 2 saturated heterocycles. The van der Waals surface area contributed by atoms with E-state index in [2.05, 4.69) is 72.0 Å². The summed E-state index contributed by atoms with van der Waals surface area (Å²) in [6, 6.07) is 18.5. The van der Waals surface area contributed by atoms with Gasteiger partial charge in [0.15, 0.2) is 0 Å². The minimum absolute atomic E-state index is 0.00924. The van der Waals surface area contributed by atoms with Gasteiger partial charge in [-0.05, 0) is 230 Å². The molecule has 19 aliphatic rings. The average Bonchev–Trinajstić information content (AvgIpc) is 1.38. The highest BCUT2D eigenvalue weighted by molar-refractivity contribution is 5.80. The fourth-order valence-electron chi connectivity index (χ4n) is 29.1. The summed E-state index contributed by atoms with van der Waals surface area (Å²) in [4.78, 5) is 14.6. The van der Waals surface area contributed by atoms with Gasteiger partial charge in [-0.25, -0.2) is 0 Å². The van der Waals surface area contributed by atoms with Crippen LogP contribution in [0.1, 0.15) is 121 Å². The lowest BCUT2D eigenvalue weighted by molar-refractivity contribution is -0.145. The van der Waals surface area contributed by atoms with Gasteiger partial charge in [0.05, 0.1) is 52.9 Å². The first kappa shape index (κ1) is 48.4. The monoisotopic (exact) mass is 1100 g/mol. The van der Waals surface area contributed by atoms with Gasteiger partial charge in [-0.15, -0.1) is 0 Å². The van der Waals surface area contributed by atoms with Crippen molar-refractivity contribution in [1.29, 1.82) is 0 Å². The van der Waals surface area contributed by atoms with Gasteiger partial charge >= 0.3 is 5.97 Å². The van der Waals surface area contributed by atoms with Crippen molar-refractivity contribution in [2.45, 2.75) is 122 Å². The summed E-state index contributed by atoms with van der Waals surface area (Å²) in [5, 5.41) is 0. The molecular formula is C74H86O8. The van der Waals surface area contributed by atoms with Gasteiger partial charge in [-0.3, -0.25) is 4.79 Å². The second-order valence-corrected chi connectivity index (χ2v) is 32.3. The molecule has 82 heavy (non-hydrogen) atoms. The molecule has 17 aliphatic carbocycles. The molecule has 8 heteroatoms. The Balaban J connectivity index is 0.617. The predicted molar refractivity (Wildman–Crippen MR) is 307 cm³/mol. The fraction of sp³-hybridized carbons (Fsp3) is 0.716. The van der Waals surface area contributed by atoms with E-state index in [0.29, 0.717) is 46.1 Å². The van der Waals surface area contributed by atoms with Gasteiger partial charge in [0.2, 0.25) is 0 Å². The maximum atomic E-state index is 14.6. The third kappa shape index (κ3) is 5.35. The summed E-state index contributed by atoms with van der Waals surface area (Å²) < 4.78 is 42.1. The lowest BCUT2D eigenvalue weighted by Crippen LogP contribution is -2.57. The van der Waals surface area contributed by atoms with E-state index in [0.717, 1.165) is 188 Å². The third-order valence-electron chi connectivity index (χ3n) is 29.7. The van der Waals surface area contributed by atoms with E-state index in [1.54, 1.807) is 18.4 Å². The molecule has 23 unspecified atom stereocenters. The Kier molecular flexibility index (Phi) is 9.61. The number of hydrogen-bond donors (Lipinski definition) is 0. The quantitative estimate of drug-likeness (QED) is 0.0695. The lowest BCUT2D eigenvalue weighted by atomic mass is 9.43. The van der Waals surface area contributed by atoms with Crippen molar-refractivity contribution in [2.24, 2.45) is 140 Å². The first-order valence-electron chi connectivity index (χ1n) is 34.1. The number of allylic oxidation sites excluding steroid dienone is 8. The molecule has 0 amide bonds. The molecule has 0 radical (unpaired) electrons. The molecule has 0 N–H and O–H groups in total. The van der Waals surface area contributed by atoms with Crippen LogP contribution >= 0.6 is 0 Å². The minimum atomic E-state index is -0.0686. The number of benzene rings is 2. The number of fused-ring (bicyclic) bond motifs is 3. The Bertz CT molecular complexity index is 3250. The van der Waals surface area contributed by atoms with Crippen molar-refractivity contribution in [3.8, 4) is 11.5 Å². The Morgan fingerprint density at radius 3 is 2.01 bits per heavy atom. The number of ether oxygens (including phenoxy) is 7. The smallest absolute Gasteiger partial charge is 0.306 e. The maximum absolute atomic E-state index is 14.6. The zero-order valence-corrected chi connectivity index (χ0v) is 48.8. The summed E-state index contributed by atoms with van der Waals surface area (Å²) in [5.74, 6) is 20.0. The number of hydrogen-bond acceptors (Lipinski definition) is 8. The van der Waals surface area contributed by atoms with Crippen LogP contribution in [0.5, 0.6) is 11.5 Å². The second kappa shape index (κ2) is 16.3. The Labute approximate surface area is 485 Å². The predicted octanol–water partition coefficient (Wildman–Crippen LogP) is 13.1. The standard InChI is InChI=1S/C74H86O8/c1-70(33-78-34-70)31-76-23-7-25-80-39-27-37(28-40(29-39)81-26-8-24-77-32-71(2)35-79-36-71)30-82-51(75)11-6-22-72(38-9-4-3-5-10-38)73-49-20-21-50-48-19-17-46-44-15-13-42-41-12-14-43-45-16-18-47(49)58-56(45)61-54(43)52(41)60-53(42)55(44)62-57(46)59(48)69(74(50,72)73)67-65(62)63(60)64(61)66(67)68(58)73/h3-5,9-10,27-29,41,43-46,52,54-57,59-67,69H,6-8,11-26,30-36H2,1-2H3. The molecule has 23 atom stereocenters. The van der Waals surface area contributed by atoms with E-state index in [4.69, 9.17) is 33.2 Å². The highest BCUT2D eigenvalue weighted by atomic mass is 16.5. The van der Waals surface area contributed by atoms with Crippen LogP contribution in [-0.2, 0) is 40.5 Å². The average molecular weight is 1100 g/mol.